The van der Waals surface area contributed by atoms with Crippen LogP contribution in [-0.4, -0.2) is 35.9 Å². The van der Waals surface area contributed by atoms with Gasteiger partial charge in [0.15, 0.2) is 0 Å². The molecule has 1 aliphatic rings. The largest absolute Gasteiger partial charge is 0.496 e. The van der Waals surface area contributed by atoms with E-state index in [0.29, 0.717) is 17.3 Å². The van der Waals surface area contributed by atoms with Gasteiger partial charge >= 0.3 is 0 Å². The first-order valence-corrected chi connectivity index (χ1v) is 7.24. The lowest BCUT2D eigenvalue weighted by atomic mass is 10.1. The molecule has 6 heteroatoms. The van der Waals surface area contributed by atoms with Crippen molar-refractivity contribution in [3.8, 4) is 5.75 Å². The van der Waals surface area contributed by atoms with Crippen LogP contribution in [0.4, 0.5) is 0 Å². The monoisotopic (exact) mass is 310 g/mol. The van der Waals surface area contributed by atoms with Crippen molar-refractivity contribution in [2.24, 2.45) is 0 Å². The molecule has 0 aromatic heterocycles. The molecule has 1 atom stereocenters. The van der Waals surface area contributed by atoms with Gasteiger partial charge in [0, 0.05) is 23.2 Å². The fourth-order valence-electron chi connectivity index (χ4n) is 2.48. The van der Waals surface area contributed by atoms with Gasteiger partial charge < -0.3 is 10.1 Å². The molecule has 1 aliphatic heterocycles. The first-order valence-electron chi connectivity index (χ1n) is 6.86. The molecule has 114 valence electrons. The predicted octanol–water partition coefficient (Wildman–Crippen LogP) is 1.97. The van der Waals surface area contributed by atoms with Crippen LogP contribution in [0.15, 0.2) is 18.2 Å². The molecule has 1 fully saturated rings. The highest BCUT2D eigenvalue weighted by Crippen LogP contribution is 2.26. The number of amides is 2. The van der Waals surface area contributed by atoms with Gasteiger partial charge in [-0.25, -0.2) is 0 Å². The zero-order chi connectivity index (χ0) is 15.6. The summed E-state index contributed by atoms with van der Waals surface area (Å²) in [6.45, 7) is 4.03. The van der Waals surface area contributed by atoms with Crippen molar-refractivity contribution in [3.05, 3.63) is 28.8 Å². The van der Waals surface area contributed by atoms with Gasteiger partial charge in [0.05, 0.1) is 19.6 Å². The maximum absolute atomic E-state index is 12.2. The van der Waals surface area contributed by atoms with Crippen molar-refractivity contribution in [2.75, 3.05) is 7.11 Å². The molecular formula is C15H19ClN2O3. The van der Waals surface area contributed by atoms with Crippen molar-refractivity contribution < 1.29 is 14.3 Å². The number of halogens is 1. The lowest BCUT2D eigenvalue weighted by molar-refractivity contribution is -0.140. The Balaban J connectivity index is 2.08. The molecule has 1 saturated heterocycles. The van der Waals surface area contributed by atoms with Crippen molar-refractivity contribution in [3.63, 3.8) is 0 Å². The van der Waals surface area contributed by atoms with Crippen LogP contribution in [0.25, 0.3) is 0 Å². The quantitative estimate of drug-likeness (QED) is 0.845. The molecule has 0 radical (unpaired) electrons. The summed E-state index contributed by atoms with van der Waals surface area (Å²) in [6.07, 6.45) is 0.184. The third-order valence-corrected chi connectivity index (χ3v) is 3.87. The van der Waals surface area contributed by atoms with Crippen molar-refractivity contribution >= 4 is 23.4 Å². The fourth-order valence-corrected chi connectivity index (χ4v) is 2.71. The van der Waals surface area contributed by atoms with Crippen LogP contribution < -0.4 is 10.1 Å². The number of hydrogen-bond acceptors (Lipinski definition) is 4. The summed E-state index contributed by atoms with van der Waals surface area (Å²) in [7, 11) is 1.57. The summed E-state index contributed by atoms with van der Waals surface area (Å²) in [5.74, 6) is 0.340. The van der Waals surface area contributed by atoms with Crippen molar-refractivity contribution in [1.29, 1.82) is 0 Å². The molecule has 1 aromatic carbocycles. The second kappa shape index (κ2) is 6.45. The molecule has 21 heavy (non-hydrogen) atoms. The minimum Gasteiger partial charge on any atom is -0.496 e. The summed E-state index contributed by atoms with van der Waals surface area (Å²) in [6, 6.07) is 4.76. The zero-order valence-corrected chi connectivity index (χ0v) is 13.1. The standard InChI is InChI=1S/C15H19ClN2O3/c1-9(2)18-14(19)7-12(15(18)20)17-8-10-11(16)5-4-6-13(10)21-3/h4-6,9,12,17H,7-8H2,1-3H3. The van der Waals surface area contributed by atoms with Crippen LogP contribution in [0.2, 0.25) is 5.02 Å². The SMILES string of the molecule is COc1cccc(Cl)c1CNC1CC(=O)N(C(C)C)C1=O. The second-order valence-corrected chi connectivity index (χ2v) is 5.66. The Morgan fingerprint density at radius 3 is 2.71 bits per heavy atom. The molecule has 2 amide bonds. The molecule has 5 nitrogen and oxygen atoms in total. The molecule has 1 heterocycles. The van der Waals surface area contributed by atoms with Gasteiger partial charge in [0.1, 0.15) is 5.75 Å². The van der Waals surface area contributed by atoms with E-state index in [9.17, 15) is 9.59 Å². The molecule has 1 N–H and O–H groups in total. The van der Waals surface area contributed by atoms with Gasteiger partial charge in [0.25, 0.3) is 0 Å². The number of methoxy groups -OCH3 is 1. The van der Waals surface area contributed by atoms with E-state index in [1.54, 1.807) is 19.2 Å². The zero-order valence-electron chi connectivity index (χ0n) is 12.4. The van der Waals surface area contributed by atoms with Crippen LogP contribution in [0.1, 0.15) is 25.8 Å². The maximum Gasteiger partial charge on any atom is 0.247 e. The van der Waals surface area contributed by atoms with E-state index in [1.165, 1.54) is 4.90 Å². The second-order valence-electron chi connectivity index (χ2n) is 5.25. The highest BCUT2D eigenvalue weighted by atomic mass is 35.5. The van der Waals surface area contributed by atoms with Crippen LogP contribution in [0.3, 0.4) is 0 Å². The Hall–Kier alpha value is -1.59. The summed E-state index contributed by atoms with van der Waals surface area (Å²) in [5.41, 5.74) is 0.782. The Kier molecular flexibility index (Phi) is 4.85. The van der Waals surface area contributed by atoms with Gasteiger partial charge in [-0.05, 0) is 26.0 Å². The number of nitrogens with one attached hydrogen (secondary N) is 1. The van der Waals surface area contributed by atoms with E-state index >= 15 is 0 Å². The topological polar surface area (TPSA) is 58.6 Å². The van der Waals surface area contributed by atoms with E-state index in [-0.39, 0.29) is 24.3 Å². The molecule has 1 unspecified atom stereocenters. The number of imide groups is 1. The first kappa shape index (κ1) is 15.8. The van der Waals surface area contributed by atoms with Crippen molar-refractivity contribution in [1.82, 2.24) is 10.2 Å². The Bertz CT molecular complexity index is 560. The smallest absolute Gasteiger partial charge is 0.247 e. The summed E-state index contributed by atoms with van der Waals surface area (Å²) >= 11 is 6.16. The third-order valence-electron chi connectivity index (χ3n) is 3.52. The molecular weight excluding hydrogens is 292 g/mol. The van der Waals surface area contributed by atoms with Crippen LogP contribution in [0.5, 0.6) is 5.75 Å². The predicted molar refractivity (Wildman–Crippen MR) is 80.2 cm³/mol. The number of nitrogens with zero attached hydrogens (tertiary/aromatic N) is 1. The average molecular weight is 311 g/mol. The van der Waals surface area contributed by atoms with Gasteiger partial charge in [-0.15, -0.1) is 0 Å². The van der Waals surface area contributed by atoms with Crippen LogP contribution in [-0.2, 0) is 16.1 Å². The number of benzene rings is 1. The summed E-state index contributed by atoms with van der Waals surface area (Å²) in [5, 5.41) is 3.67. The lowest BCUT2D eigenvalue weighted by Gasteiger charge is -2.19. The van der Waals surface area contributed by atoms with Gasteiger partial charge in [0.2, 0.25) is 11.8 Å². The van der Waals surface area contributed by atoms with E-state index in [2.05, 4.69) is 5.32 Å². The minimum atomic E-state index is -0.499. The fraction of sp³-hybridized carbons (Fsp3) is 0.467. The van der Waals surface area contributed by atoms with Crippen LogP contribution >= 0.6 is 11.6 Å². The Morgan fingerprint density at radius 1 is 1.43 bits per heavy atom. The van der Waals surface area contributed by atoms with E-state index in [4.69, 9.17) is 16.3 Å². The molecule has 1 aromatic rings. The number of carbonyl (C=O) groups excluding carboxylic acids is 2. The maximum atomic E-state index is 12.2. The van der Waals surface area contributed by atoms with E-state index in [1.807, 2.05) is 19.9 Å². The molecule has 0 saturated carbocycles. The normalized spacial score (nSPS) is 18.7. The van der Waals surface area contributed by atoms with Crippen molar-refractivity contribution in [2.45, 2.75) is 38.9 Å². The Morgan fingerprint density at radius 2 is 2.14 bits per heavy atom. The Labute approximate surface area is 129 Å². The average Bonchev–Trinajstić information content (AvgIpc) is 2.71. The van der Waals surface area contributed by atoms with Gasteiger partial charge in [-0.2, -0.15) is 0 Å². The summed E-state index contributed by atoms with van der Waals surface area (Å²) in [4.78, 5) is 25.4. The molecule has 0 spiro atoms. The molecule has 0 aliphatic carbocycles. The highest BCUT2D eigenvalue weighted by Gasteiger charge is 2.39. The number of ether oxygens (including phenoxy) is 1. The minimum absolute atomic E-state index is 0.119. The first-order chi connectivity index (χ1) is 9.95. The summed E-state index contributed by atoms with van der Waals surface area (Å²) < 4.78 is 5.26. The highest BCUT2D eigenvalue weighted by molar-refractivity contribution is 6.31. The lowest BCUT2D eigenvalue weighted by Crippen LogP contribution is -2.41. The van der Waals surface area contributed by atoms with Gasteiger partial charge in [-0.1, -0.05) is 17.7 Å². The number of likely N-dealkylation sites (tertiary alicyclic amines) is 1. The number of carbonyl (C=O) groups is 2. The number of hydrogen-bond donors (Lipinski definition) is 1. The van der Waals surface area contributed by atoms with Gasteiger partial charge in [-0.3, -0.25) is 14.5 Å². The van der Waals surface area contributed by atoms with E-state index < -0.39 is 6.04 Å². The molecule has 2 rings (SSSR count). The third kappa shape index (κ3) is 3.19. The number of rotatable bonds is 5. The van der Waals surface area contributed by atoms with E-state index in [0.717, 1.165) is 5.56 Å². The van der Waals surface area contributed by atoms with Crippen LogP contribution in [0, 0.1) is 0 Å². The molecule has 0 bridgehead atoms.